The Kier molecular flexibility index (Phi) is 9.71. The van der Waals surface area contributed by atoms with Crippen LogP contribution < -0.4 is 0 Å². The third-order valence-corrected chi connectivity index (χ3v) is 5.47. The molecular formula is C23H36O. The summed E-state index contributed by atoms with van der Waals surface area (Å²) in [5.41, 5.74) is 2.37. The number of hydrogen-bond acceptors (Lipinski definition) is 1. The molecule has 0 spiro atoms. The van der Waals surface area contributed by atoms with Gasteiger partial charge in [0.1, 0.15) is 0 Å². The van der Waals surface area contributed by atoms with Gasteiger partial charge in [0, 0.05) is 0 Å². The van der Waals surface area contributed by atoms with Crippen molar-refractivity contribution in [2.24, 2.45) is 17.8 Å². The molecule has 0 bridgehead atoms. The van der Waals surface area contributed by atoms with Crippen LogP contribution in [0.15, 0.2) is 55.1 Å². The summed E-state index contributed by atoms with van der Waals surface area (Å²) in [5.74, 6) is 1.49. The molecule has 0 fully saturated rings. The number of benzene rings is 1. The Hall–Kier alpha value is -1.34. The zero-order chi connectivity index (χ0) is 17.9. The molecule has 0 saturated carbocycles. The topological polar surface area (TPSA) is 20.2 Å². The van der Waals surface area contributed by atoms with E-state index in [0.717, 1.165) is 17.9 Å². The number of aliphatic hydroxyl groups is 1. The van der Waals surface area contributed by atoms with Crippen LogP contribution in [0.2, 0.25) is 0 Å². The molecule has 0 saturated heterocycles. The molecule has 4 atom stereocenters. The molecule has 4 unspecified atom stereocenters. The predicted octanol–water partition coefficient (Wildman–Crippen LogP) is 6.19. The van der Waals surface area contributed by atoms with Gasteiger partial charge in [0.25, 0.3) is 0 Å². The van der Waals surface area contributed by atoms with Gasteiger partial charge in [-0.1, -0.05) is 69.7 Å². The number of aliphatic hydroxyl groups excluding tert-OH is 1. The molecule has 1 N–H and O–H groups in total. The lowest BCUT2D eigenvalue weighted by Crippen LogP contribution is -2.19. The minimum atomic E-state index is -0.435. The van der Waals surface area contributed by atoms with Crippen molar-refractivity contribution in [1.82, 2.24) is 0 Å². The lowest BCUT2D eigenvalue weighted by Gasteiger charge is -2.26. The van der Waals surface area contributed by atoms with E-state index in [1.807, 2.05) is 0 Å². The smallest absolute Gasteiger partial charge is 0.0722 e. The molecular weight excluding hydrogens is 292 g/mol. The third kappa shape index (κ3) is 7.05. The van der Waals surface area contributed by atoms with Crippen molar-refractivity contribution >= 4 is 0 Å². The van der Waals surface area contributed by atoms with Crippen molar-refractivity contribution in [2.45, 2.75) is 65.4 Å². The van der Waals surface area contributed by atoms with Crippen LogP contribution >= 0.6 is 0 Å². The SMILES string of the molecule is C=CC(CCC(CC)CCCc1ccccc1)C(C)C(=C)C(C)O. The van der Waals surface area contributed by atoms with Crippen LogP contribution in [0.4, 0.5) is 0 Å². The number of allylic oxidation sites excluding steroid dienone is 1. The van der Waals surface area contributed by atoms with E-state index < -0.39 is 6.10 Å². The Morgan fingerprint density at radius 3 is 2.33 bits per heavy atom. The molecule has 0 radical (unpaired) electrons. The predicted molar refractivity (Wildman–Crippen MR) is 106 cm³/mol. The van der Waals surface area contributed by atoms with Gasteiger partial charge >= 0.3 is 0 Å². The highest BCUT2D eigenvalue weighted by molar-refractivity contribution is 5.14. The second kappa shape index (κ2) is 11.3. The van der Waals surface area contributed by atoms with Crippen molar-refractivity contribution in [3.05, 3.63) is 60.7 Å². The number of hydrogen-bond donors (Lipinski definition) is 1. The summed E-state index contributed by atoms with van der Waals surface area (Å²) in [6, 6.07) is 10.8. The highest BCUT2D eigenvalue weighted by Crippen LogP contribution is 2.30. The van der Waals surface area contributed by atoms with Crippen molar-refractivity contribution in [3.8, 4) is 0 Å². The molecule has 0 aliphatic rings. The Balaban J connectivity index is 2.40. The van der Waals surface area contributed by atoms with E-state index in [1.165, 1.54) is 37.7 Å². The lowest BCUT2D eigenvalue weighted by atomic mass is 9.80. The normalized spacial score (nSPS) is 16.2. The quantitative estimate of drug-likeness (QED) is 0.453. The van der Waals surface area contributed by atoms with Crippen molar-refractivity contribution in [2.75, 3.05) is 0 Å². The minimum absolute atomic E-state index is 0.296. The fraction of sp³-hybridized carbons (Fsp3) is 0.565. The molecule has 1 nitrogen and oxygen atoms in total. The average Bonchev–Trinajstić information content (AvgIpc) is 2.60. The summed E-state index contributed by atoms with van der Waals surface area (Å²) in [6.45, 7) is 14.3. The van der Waals surface area contributed by atoms with E-state index in [0.29, 0.717) is 11.8 Å². The standard InChI is InChI=1S/C23H36O/c1-6-21(14-11-15-22-12-9-8-10-13-22)16-17-23(7-2)19(4)18(3)20(5)24/h7-10,12-13,19-21,23-24H,2-3,6,11,14-17H2,1,4-5H3. The highest BCUT2D eigenvalue weighted by atomic mass is 16.3. The average molecular weight is 329 g/mol. The second-order valence-electron chi connectivity index (χ2n) is 7.17. The first-order valence-corrected chi connectivity index (χ1v) is 9.52. The van der Waals surface area contributed by atoms with Gasteiger partial charge in [0.15, 0.2) is 0 Å². The summed E-state index contributed by atoms with van der Waals surface area (Å²) in [6.07, 6.45) is 8.96. The Morgan fingerprint density at radius 1 is 1.12 bits per heavy atom. The Labute approximate surface area is 149 Å². The van der Waals surface area contributed by atoms with E-state index in [4.69, 9.17) is 0 Å². The van der Waals surface area contributed by atoms with Crippen LogP contribution in [0.3, 0.4) is 0 Å². The van der Waals surface area contributed by atoms with Crippen LogP contribution in [0.25, 0.3) is 0 Å². The highest BCUT2D eigenvalue weighted by Gasteiger charge is 2.20. The Morgan fingerprint density at radius 2 is 1.79 bits per heavy atom. The van der Waals surface area contributed by atoms with Crippen molar-refractivity contribution in [1.29, 1.82) is 0 Å². The van der Waals surface area contributed by atoms with Gasteiger partial charge in [-0.3, -0.25) is 0 Å². The zero-order valence-electron chi connectivity index (χ0n) is 15.9. The van der Waals surface area contributed by atoms with E-state index in [1.54, 1.807) is 6.92 Å². The molecule has 0 aliphatic heterocycles. The van der Waals surface area contributed by atoms with E-state index >= 15 is 0 Å². The lowest BCUT2D eigenvalue weighted by molar-refractivity contribution is 0.209. The zero-order valence-corrected chi connectivity index (χ0v) is 15.9. The van der Waals surface area contributed by atoms with Gasteiger partial charge in [-0.15, -0.1) is 6.58 Å². The van der Waals surface area contributed by atoms with Gasteiger partial charge in [-0.2, -0.15) is 0 Å². The first-order valence-electron chi connectivity index (χ1n) is 9.52. The molecule has 0 heterocycles. The fourth-order valence-corrected chi connectivity index (χ4v) is 3.45. The molecule has 24 heavy (non-hydrogen) atoms. The van der Waals surface area contributed by atoms with E-state index in [-0.39, 0.29) is 0 Å². The number of aryl methyl sites for hydroxylation is 1. The minimum Gasteiger partial charge on any atom is -0.389 e. The van der Waals surface area contributed by atoms with Crippen LogP contribution in [-0.4, -0.2) is 11.2 Å². The van der Waals surface area contributed by atoms with Gasteiger partial charge < -0.3 is 5.11 Å². The summed E-state index contributed by atoms with van der Waals surface area (Å²) in [5, 5.41) is 9.75. The maximum atomic E-state index is 9.75. The molecule has 1 heteroatoms. The summed E-state index contributed by atoms with van der Waals surface area (Å²) in [7, 11) is 0. The van der Waals surface area contributed by atoms with Crippen LogP contribution in [0.1, 0.15) is 58.4 Å². The first-order chi connectivity index (χ1) is 11.5. The third-order valence-electron chi connectivity index (χ3n) is 5.47. The molecule has 1 aromatic rings. The first kappa shape index (κ1) is 20.7. The van der Waals surface area contributed by atoms with E-state index in [9.17, 15) is 5.11 Å². The van der Waals surface area contributed by atoms with Crippen LogP contribution in [-0.2, 0) is 6.42 Å². The maximum Gasteiger partial charge on any atom is 0.0722 e. The monoisotopic (exact) mass is 328 g/mol. The van der Waals surface area contributed by atoms with Gasteiger partial charge in [-0.25, -0.2) is 0 Å². The Bertz CT molecular complexity index is 474. The van der Waals surface area contributed by atoms with Crippen LogP contribution in [0.5, 0.6) is 0 Å². The fourth-order valence-electron chi connectivity index (χ4n) is 3.45. The van der Waals surface area contributed by atoms with Crippen molar-refractivity contribution in [3.63, 3.8) is 0 Å². The summed E-state index contributed by atoms with van der Waals surface area (Å²) < 4.78 is 0. The maximum absolute atomic E-state index is 9.75. The summed E-state index contributed by atoms with van der Waals surface area (Å²) in [4.78, 5) is 0. The van der Waals surface area contributed by atoms with Crippen molar-refractivity contribution < 1.29 is 5.11 Å². The van der Waals surface area contributed by atoms with Gasteiger partial charge in [-0.05, 0) is 61.5 Å². The van der Waals surface area contributed by atoms with Gasteiger partial charge in [0.2, 0.25) is 0 Å². The van der Waals surface area contributed by atoms with Gasteiger partial charge in [0.05, 0.1) is 6.10 Å². The van der Waals surface area contributed by atoms with Crippen LogP contribution in [0, 0.1) is 17.8 Å². The molecule has 1 rings (SSSR count). The van der Waals surface area contributed by atoms with E-state index in [2.05, 4.69) is 63.4 Å². The summed E-state index contributed by atoms with van der Waals surface area (Å²) >= 11 is 0. The molecule has 1 aromatic carbocycles. The molecule has 0 aliphatic carbocycles. The largest absolute Gasteiger partial charge is 0.389 e. The number of rotatable bonds is 12. The molecule has 134 valence electrons. The molecule has 0 aromatic heterocycles. The second-order valence-corrected chi connectivity index (χ2v) is 7.17. The molecule has 0 amide bonds.